The first-order valence-electron chi connectivity index (χ1n) is 14.5. The molecule has 4 aromatic carbocycles. The first kappa shape index (κ1) is 31.8. The van der Waals surface area contributed by atoms with E-state index in [0.717, 1.165) is 0 Å². The molecule has 0 unspecified atom stereocenters. The van der Waals surface area contributed by atoms with E-state index in [0.29, 0.717) is 54.5 Å². The number of ether oxygens (including phenoxy) is 3. The van der Waals surface area contributed by atoms with Crippen LogP contribution in [0.25, 0.3) is 6.08 Å². The summed E-state index contributed by atoms with van der Waals surface area (Å²) in [5, 5.41) is 3.17. The maximum absolute atomic E-state index is 14.2. The van der Waals surface area contributed by atoms with Crippen LogP contribution in [0, 0.1) is 5.82 Å². The number of allylic oxidation sites excluding steroid dienone is 1. The number of fused-ring (bicyclic) bond motifs is 1. The summed E-state index contributed by atoms with van der Waals surface area (Å²) in [6.45, 7) is 1.71. The van der Waals surface area contributed by atoms with Gasteiger partial charge in [0.1, 0.15) is 18.2 Å². The molecule has 1 aliphatic heterocycles. The van der Waals surface area contributed by atoms with Crippen LogP contribution in [0.5, 0.6) is 17.2 Å². The molecule has 1 N–H and O–H groups in total. The normalized spacial score (nSPS) is 14.3. The molecule has 238 valence electrons. The average molecular weight is 670 g/mol. The Morgan fingerprint density at radius 1 is 1.02 bits per heavy atom. The number of carbonyl (C=O) groups excluding carboxylic acids is 1. The van der Waals surface area contributed by atoms with Crippen molar-refractivity contribution in [3.8, 4) is 17.2 Å². The highest BCUT2D eigenvalue weighted by Gasteiger charge is 2.33. The van der Waals surface area contributed by atoms with Gasteiger partial charge in [0.15, 0.2) is 16.3 Å². The van der Waals surface area contributed by atoms with Crippen molar-refractivity contribution in [2.24, 2.45) is 4.99 Å². The highest BCUT2D eigenvalue weighted by molar-refractivity contribution is 7.07. The average Bonchev–Trinajstić information content (AvgIpc) is 3.37. The fourth-order valence-electron chi connectivity index (χ4n) is 5.34. The van der Waals surface area contributed by atoms with E-state index >= 15 is 0 Å². The third-order valence-electron chi connectivity index (χ3n) is 7.59. The molecule has 1 amide bonds. The predicted octanol–water partition coefficient (Wildman–Crippen LogP) is 6.26. The van der Waals surface area contributed by atoms with Crippen LogP contribution in [-0.2, 0) is 11.4 Å². The Balaban J connectivity index is 1.42. The topological polar surface area (TPSA) is 91.2 Å². The van der Waals surface area contributed by atoms with E-state index < -0.39 is 11.9 Å². The van der Waals surface area contributed by atoms with Crippen LogP contribution in [-0.4, -0.2) is 24.7 Å². The molecule has 47 heavy (non-hydrogen) atoms. The van der Waals surface area contributed by atoms with Crippen molar-refractivity contribution in [3.05, 3.63) is 149 Å². The summed E-state index contributed by atoms with van der Waals surface area (Å²) in [6, 6.07) is 25.2. The third-order valence-corrected chi connectivity index (χ3v) is 8.85. The van der Waals surface area contributed by atoms with Crippen LogP contribution in [0.4, 0.5) is 10.1 Å². The molecule has 6 rings (SSSR count). The van der Waals surface area contributed by atoms with Gasteiger partial charge in [-0.3, -0.25) is 14.2 Å². The van der Waals surface area contributed by atoms with Crippen molar-refractivity contribution in [1.29, 1.82) is 0 Å². The lowest BCUT2D eigenvalue weighted by Gasteiger charge is -2.25. The summed E-state index contributed by atoms with van der Waals surface area (Å²) in [5.41, 5.74) is 2.73. The largest absolute Gasteiger partial charge is 0.497 e. The number of rotatable bonds is 9. The number of nitrogens with zero attached hydrogens (tertiary/aromatic N) is 2. The number of anilines is 1. The number of para-hydroxylation sites is 1. The quantitative estimate of drug-likeness (QED) is 0.200. The fourth-order valence-corrected chi connectivity index (χ4v) is 6.66. The van der Waals surface area contributed by atoms with Gasteiger partial charge in [-0.15, -0.1) is 0 Å². The predicted molar refractivity (Wildman–Crippen MR) is 181 cm³/mol. The molecule has 0 saturated heterocycles. The molecule has 8 nitrogen and oxygen atoms in total. The minimum atomic E-state index is -0.778. The van der Waals surface area contributed by atoms with Crippen molar-refractivity contribution < 1.29 is 23.4 Å². The number of nitrogens with one attached hydrogen (secondary N) is 1. The van der Waals surface area contributed by atoms with E-state index in [1.165, 1.54) is 29.1 Å². The van der Waals surface area contributed by atoms with E-state index in [-0.39, 0.29) is 28.8 Å². The molecule has 5 aromatic rings. The second-order valence-corrected chi connectivity index (χ2v) is 12.0. The fraction of sp³-hybridized carbons (Fsp3) is 0.139. The smallest absolute Gasteiger partial charge is 0.271 e. The van der Waals surface area contributed by atoms with Crippen LogP contribution in [0.1, 0.15) is 29.7 Å². The number of thiazole rings is 1. The van der Waals surface area contributed by atoms with Crippen LogP contribution in [0.15, 0.2) is 112 Å². The Morgan fingerprint density at radius 2 is 1.79 bits per heavy atom. The molecule has 11 heteroatoms. The van der Waals surface area contributed by atoms with Gasteiger partial charge in [0.05, 0.1) is 41.1 Å². The number of methoxy groups -OCH3 is 2. The van der Waals surface area contributed by atoms with Gasteiger partial charge in [-0.25, -0.2) is 9.38 Å². The van der Waals surface area contributed by atoms with Crippen molar-refractivity contribution in [2.45, 2.75) is 19.6 Å². The minimum Gasteiger partial charge on any atom is -0.497 e. The Kier molecular flexibility index (Phi) is 9.24. The zero-order valence-corrected chi connectivity index (χ0v) is 27.2. The Labute approximate surface area is 278 Å². The lowest BCUT2D eigenvalue weighted by atomic mass is 9.95. The third kappa shape index (κ3) is 6.56. The Hall–Kier alpha value is -5.19. The molecule has 0 saturated carbocycles. The SMILES string of the molecule is COc1cccc([C@@H]2C(C(=O)Nc3ccccc3)=C(C)N=c3s/c(=C\c4cc(Cl)c(OCc5ccccc5F)c(OC)c4)c(=O)n32)c1. The number of aromatic nitrogens is 1. The van der Waals surface area contributed by atoms with Gasteiger partial charge in [0.25, 0.3) is 11.5 Å². The zero-order valence-electron chi connectivity index (χ0n) is 25.6. The van der Waals surface area contributed by atoms with Gasteiger partial charge in [0, 0.05) is 11.3 Å². The van der Waals surface area contributed by atoms with Gasteiger partial charge in [-0.2, -0.15) is 0 Å². The molecule has 0 bridgehead atoms. The molecule has 0 radical (unpaired) electrons. The van der Waals surface area contributed by atoms with Gasteiger partial charge in [-0.1, -0.05) is 71.5 Å². The molecule has 1 atom stereocenters. The summed E-state index contributed by atoms with van der Waals surface area (Å²) < 4.78 is 32.9. The number of amides is 1. The summed E-state index contributed by atoms with van der Waals surface area (Å²) in [7, 11) is 3.03. The van der Waals surface area contributed by atoms with E-state index in [9.17, 15) is 14.0 Å². The highest BCUT2D eigenvalue weighted by atomic mass is 35.5. The molecule has 2 heterocycles. The molecular weight excluding hydrogens is 641 g/mol. The second-order valence-electron chi connectivity index (χ2n) is 10.6. The van der Waals surface area contributed by atoms with Gasteiger partial charge < -0.3 is 19.5 Å². The highest BCUT2D eigenvalue weighted by Crippen LogP contribution is 2.37. The molecule has 1 aromatic heterocycles. The molecular formula is C36H29ClFN3O5S. The van der Waals surface area contributed by atoms with Crippen LogP contribution >= 0.6 is 22.9 Å². The number of hydrogen-bond donors (Lipinski definition) is 1. The number of hydrogen-bond acceptors (Lipinski definition) is 7. The first-order valence-corrected chi connectivity index (χ1v) is 15.7. The molecule has 0 spiro atoms. The summed E-state index contributed by atoms with van der Waals surface area (Å²) in [4.78, 5) is 33.1. The van der Waals surface area contributed by atoms with Crippen molar-refractivity contribution in [2.75, 3.05) is 19.5 Å². The lowest BCUT2D eigenvalue weighted by molar-refractivity contribution is -0.113. The van der Waals surface area contributed by atoms with E-state index in [1.807, 2.05) is 30.3 Å². The minimum absolute atomic E-state index is 0.0511. The summed E-state index contributed by atoms with van der Waals surface area (Å²) in [6.07, 6.45) is 1.69. The van der Waals surface area contributed by atoms with E-state index in [1.54, 1.807) is 74.7 Å². The maximum atomic E-state index is 14.2. The Bertz CT molecular complexity index is 2200. The van der Waals surface area contributed by atoms with Crippen LogP contribution in [0.2, 0.25) is 5.02 Å². The molecule has 0 aliphatic carbocycles. The first-order chi connectivity index (χ1) is 22.8. The van der Waals surface area contributed by atoms with Gasteiger partial charge >= 0.3 is 0 Å². The number of carbonyl (C=O) groups is 1. The number of benzene rings is 4. The zero-order chi connectivity index (χ0) is 33.1. The monoisotopic (exact) mass is 669 g/mol. The molecule has 0 fully saturated rings. The standard InChI is InChI=1S/C36H29ClFN3O5S/c1-21-31(34(42)40-25-12-5-4-6-13-25)32(23-11-9-14-26(19-23)44-2)41-35(43)30(47-36(41)39-21)18-22-16-27(37)33(29(17-22)45-3)46-20-24-10-7-8-15-28(24)38/h4-19,32H,20H2,1-3H3,(H,40,42)/b30-18-/t32-/m1/s1. The Morgan fingerprint density at radius 3 is 2.53 bits per heavy atom. The maximum Gasteiger partial charge on any atom is 0.271 e. The van der Waals surface area contributed by atoms with E-state index in [2.05, 4.69) is 5.32 Å². The summed E-state index contributed by atoms with van der Waals surface area (Å²) >= 11 is 7.81. The number of halogens is 2. The summed E-state index contributed by atoms with van der Waals surface area (Å²) in [5.74, 6) is 0.387. The molecule has 1 aliphatic rings. The van der Waals surface area contributed by atoms with Crippen molar-refractivity contribution in [3.63, 3.8) is 0 Å². The van der Waals surface area contributed by atoms with Gasteiger partial charge in [-0.05, 0) is 66.6 Å². The second kappa shape index (κ2) is 13.7. The van der Waals surface area contributed by atoms with Crippen LogP contribution < -0.4 is 34.4 Å². The van der Waals surface area contributed by atoms with Crippen LogP contribution in [0.3, 0.4) is 0 Å². The van der Waals surface area contributed by atoms with Crippen molar-refractivity contribution in [1.82, 2.24) is 4.57 Å². The lowest BCUT2D eigenvalue weighted by Crippen LogP contribution is -2.40. The van der Waals surface area contributed by atoms with Crippen molar-refractivity contribution >= 4 is 40.6 Å². The van der Waals surface area contributed by atoms with Gasteiger partial charge in [0.2, 0.25) is 0 Å². The van der Waals surface area contributed by atoms with E-state index in [4.69, 9.17) is 30.8 Å².